The highest BCUT2D eigenvalue weighted by molar-refractivity contribution is 7.86. The third-order valence-electron chi connectivity index (χ3n) is 2.48. The molecule has 106 valence electrons. The Balaban J connectivity index is 2.32. The molecule has 8 nitrogen and oxygen atoms in total. The van der Waals surface area contributed by atoms with Crippen LogP contribution in [0, 0.1) is 6.92 Å². The van der Waals surface area contributed by atoms with E-state index in [1.165, 1.54) is 29.1 Å². The number of nitrogens with zero attached hydrogens (tertiary/aromatic N) is 3. The van der Waals surface area contributed by atoms with Crippen molar-refractivity contribution in [3.05, 3.63) is 35.7 Å². The van der Waals surface area contributed by atoms with Gasteiger partial charge in [0.1, 0.15) is 4.90 Å². The van der Waals surface area contributed by atoms with Crippen molar-refractivity contribution in [3.8, 4) is 0 Å². The fraction of sp³-hybridized carbons (Fsp3) is 0.0909. The summed E-state index contributed by atoms with van der Waals surface area (Å²) in [5, 5.41) is 4.07. The summed E-state index contributed by atoms with van der Waals surface area (Å²) in [6.07, 6.45) is 3.09. The lowest BCUT2D eigenvalue weighted by molar-refractivity contribution is 0.483. The lowest BCUT2D eigenvalue weighted by atomic mass is 10.2. The molecule has 5 N–H and O–H groups in total. The maximum atomic E-state index is 11.0. The molecule has 0 aliphatic heterocycles. The maximum Gasteiger partial charge on any atom is 0.296 e. The molecular weight excluding hydrogens is 282 g/mol. The molecule has 0 amide bonds. The van der Waals surface area contributed by atoms with E-state index in [-0.39, 0.29) is 16.5 Å². The van der Waals surface area contributed by atoms with E-state index in [1.807, 2.05) is 0 Å². The molecule has 1 aromatic carbocycles. The standard InChI is InChI=1S/C11H13N5O3S/c1-7-6-16(11(13)15-7)14-5-8-2-3-10(9(12)4-8)20(17,18)19/h2-6H,12H2,1H3,(H2,13,15)(H,17,18,19). The van der Waals surface area contributed by atoms with Gasteiger partial charge in [0, 0.05) is 0 Å². The van der Waals surface area contributed by atoms with E-state index < -0.39 is 10.1 Å². The molecule has 0 saturated carbocycles. The highest BCUT2D eigenvalue weighted by atomic mass is 32.2. The third kappa shape index (κ3) is 2.95. The summed E-state index contributed by atoms with van der Waals surface area (Å²) < 4.78 is 32.3. The summed E-state index contributed by atoms with van der Waals surface area (Å²) in [6, 6.07) is 4.05. The first-order valence-corrected chi connectivity index (χ1v) is 6.94. The van der Waals surface area contributed by atoms with Crippen molar-refractivity contribution in [2.45, 2.75) is 11.8 Å². The molecule has 0 spiro atoms. The van der Waals surface area contributed by atoms with Crippen LogP contribution in [0.2, 0.25) is 0 Å². The molecule has 20 heavy (non-hydrogen) atoms. The summed E-state index contributed by atoms with van der Waals surface area (Å²) in [5.41, 5.74) is 12.4. The number of hydrogen-bond acceptors (Lipinski definition) is 6. The molecule has 0 aliphatic rings. The second kappa shape index (κ2) is 4.94. The van der Waals surface area contributed by atoms with Crippen molar-refractivity contribution in [2.75, 3.05) is 11.5 Å². The normalized spacial score (nSPS) is 12.1. The number of aryl methyl sites for hydroxylation is 1. The Bertz CT molecular complexity index is 779. The van der Waals surface area contributed by atoms with Gasteiger partial charge in [0.05, 0.1) is 23.8 Å². The lowest BCUT2D eigenvalue weighted by Gasteiger charge is -2.03. The van der Waals surface area contributed by atoms with E-state index in [0.717, 1.165) is 5.69 Å². The highest BCUT2D eigenvalue weighted by Gasteiger charge is 2.13. The zero-order valence-electron chi connectivity index (χ0n) is 10.6. The van der Waals surface area contributed by atoms with Crippen LogP contribution in [0.1, 0.15) is 11.3 Å². The fourth-order valence-electron chi connectivity index (χ4n) is 1.61. The minimum Gasteiger partial charge on any atom is -0.398 e. The van der Waals surface area contributed by atoms with Crippen LogP contribution in [0.5, 0.6) is 0 Å². The van der Waals surface area contributed by atoms with E-state index in [0.29, 0.717) is 5.56 Å². The summed E-state index contributed by atoms with van der Waals surface area (Å²) >= 11 is 0. The second-order valence-electron chi connectivity index (χ2n) is 4.10. The Hall–Kier alpha value is -2.39. The van der Waals surface area contributed by atoms with E-state index in [1.54, 1.807) is 13.1 Å². The van der Waals surface area contributed by atoms with E-state index >= 15 is 0 Å². The van der Waals surface area contributed by atoms with Gasteiger partial charge < -0.3 is 11.5 Å². The molecule has 1 heterocycles. The average molecular weight is 295 g/mol. The molecule has 2 rings (SSSR count). The van der Waals surface area contributed by atoms with Crippen LogP contribution < -0.4 is 11.5 Å². The zero-order valence-corrected chi connectivity index (χ0v) is 11.4. The number of anilines is 2. The van der Waals surface area contributed by atoms with E-state index in [4.69, 9.17) is 16.0 Å². The predicted molar refractivity (Wildman–Crippen MR) is 75.0 cm³/mol. The summed E-state index contributed by atoms with van der Waals surface area (Å²) in [7, 11) is -4.33. The Kier molecular flexibility index (Phi) is 3.47. The molecule has 0 saturated heterocycles. The van der Waals surface area contributed by atoms with Gasteiger partial charge in [-0.05, 0) is 24.6 Å². The van der Waals surface area contributed by atoms with Gasteiger partial charge in [0.15, 0.2) is 0 Å². The molecule has 0 unspecified atom stereocenters. The Morgan fingerprint density at radius 1 is 1.40 bits per heavy atom. The molecule has 0 atom stereocenters. The molecule has 2 aromatic rings. The molecule has 1 aromatic heterocycles. The van der Waals surface area contributed by atoms with Crippen molar-refractivity contribution in [1.29, 1.82) is 0 Å². The first-order valence-electron chi connectivity index (χ1n) is 5.50. The summed E-state index contributed by atoms with van der Waals surface area (Å²) in [4.78, 5) is 3.64. The van der Waals surface area contributed by atoms with Crippen molar-refractivity contribution in [3.63, 3.8) is 0 Å². The van der Waals surface area contributed by atoms with Crippen molar-refractivity contribution in [2.24, 2.45) is 5.10 Å². The minimum absolute atomic E-state index is 0.0637. The minimum atomic E-state index is -4.33. The van der Waals surface area contributed by atoms with Gasteiger partial charge in [-0.1, -0.05) is 6.07 Å². The van der Waals surface area contributed by atoms with Gasteiger partial charge in [-0.25, -0.2) is 9.66 Å². The van der Waals surface area contributed by atoms with Crippen molar-refractivity contribution in [1.82, 2.24) is 9.66 Å². The van der Waals surface area contributed by atoms with Gasteiger partial charge in [-0.15, -0.1) is 0 Å². The molecular formula is C11H13N5O3S. The van der Waals surface area contributed by atoms with Gasteiger partial charge in [-0.2, -0.15) is 13.5 Å². The Labute approximate surface area is 115 Å². The highest BCUT2D eigenvalue weighted by Crippen LogP contribution is 2.18. The monoisotopic (exact) mass is 295 g/mol. The van der Waals surface area contributed by atoms with Gasteiger partial charge >= 0.3 is 0 Å². The van der Waals surface area contributed by atoms with Crippen LogP contribution in [0.4, 0.5) is 11.6 Å². The first-order chi connectivity index (χ1) is 9.27. The predicted octanol–water partition coefficient (Wildman–Crippen LogP) is 0.485. The SMILES string of the molecule is Cc1cn(N=Cc2ccc(S(=O)(=O)O)c(N)c2)c(N)n1. The second-order valence-corrected chi connectivity index (χ2v) is 5.49. The van der Waals surface area contributed by atoms with Crippen molar-refractivity contribution < 1.29 is 13.0 Å². The summed E-state index contributed by atoms with van der Waals surface area (Å²) in [6.45, 7) is 1.78. The molecule has 0 fully saturated rings. The van der Waals surface area contributed by atoms with Crippen LogP contribution in [-0.4, -0.2) is 28.8 Å². The number of aromatic nitrogens is 2. The Morgan fingerprint density at radius 2 is 2.10 bits per heavy atom. The molecule has 0 bridgehead atoms. The van der Waals surface area contributed by atoms with Crippen LogP contribution in [-0.2, 0) is 10.1 Å². The van der Waals surface area contributed by atoms with E-state index in [9.17, 15) is 8.42 Å². The third-order valence-corrected chi connectivity index (χ3v) is 3.41. The number of imidazole rings is 1. The topological polar surface area (TPSA) is 137 Å². The fourth-order valence-corrected chi connectivity index (χ4v) is 2.20. The van der Waals surface area contributed by atoms with Crippen LogP contribution in [0.3, 0.4) is 0 Å². The van der Waals surface area contributed by atoms with E-state index in [2.05, 4.69) is 10.1 Å². The smallest absolute Gasteiger partial charge is 0.296 e. The van der Waals surface area contributed by atoms with Crippen LogP contribution in [0.25, 0.3) is 0 Å². The number of benzene rings is 1. The average Bonchev–Trinajstić information content (AvgIpc) is 2.63. The number of nitrogens with two attached hydrogens (primary N) is 2. The molecule has 0 radical (unpaired) electrons. The van der Waals surface area contributed by atoms with Crippen molar-refractivity contribution >= 4 is 28.0 Å². The number of rotatable bonds is 3. The van der Waals surface area contributed by atoms with Crippen LogP contribution >= 0.6 is 0 Å². The zero-order chi connectivity index (χ0) is 14.9. The molecule has 9 heteroatoms. The molecule has 0 aliphatic carbocycles. The van der Waals surface area contributed by atoms with Gasteiger partial charge in [-0.3, -0.25) is 4.55 Å². The van der Waals surface area contributed by atoms with Gasteiger partial charge in [0.2, 0.25) is 5.95 Å². The first kappa shape index (κ1) is 14.0. The lowest BCUT2D eigenvalue weighted by Crippen LogP contribution is -2.03. The Morgan fingerprint density at radius 3 is 2.60 bits per heavy atom. The quantitative estimate of drug-likeness (QED) is 0.428. The maximum absolute atomic E-state index is 11.0. The summed E-state index contributed by atoms with van der Waals surface area (Å²) in [5.74, 6) is 0.237. The van der Waals surface area contributed by atoms with Crippen LogP contribution in [0.15, 0.2) is 34.4 Å². The number of hydrogen-bond donors (Lipinski definition) is 3. The number of nitrogen functional groups attached to an aromatic ring is 2. The van der Waals surface area contributed by atoms with Gasteiger partial charge in [0.25, 0.3) is 10.1 Å². The largest absolute Gasteiger partial charge is 0.398 e.